The molecule has 21 heavy (non-hydrogen) atoms. The number of aliphatic carboxylic acids is 1. The highest BCUT2D eigenvalue weighted by Gasteiger charge is 2.41. The van der Waals surface area contributed by atoms with Crippen LogP contribution in [0.1, 0.15) is 31.1 Å². The molecule has 0 amide bonds. The topological polar surface area (TPSA) is 74.7 Å². The molecular weight excluding hydrogens is 378 g/mol. The molecule has 1 saturated heterocycles. The van der Waals surface area contributed by atoms with E-state index >= 15 is 0 Å². The van der Waals surface area contributed by atoms with E-state index in [1.165, 1.54) is 11.3 Å². The lowest BCUT2D eigenvalue weighted by Gasteiger charge is -2.35. The highest BCUT2D eigenvalue weighted by Crippen LogP contribution is 2.35. The molecule has 1 aromatic rings. The van der Waals surface area contributed by atoms with Crippen molar-refractivity contribution in [2.75, 3.05) is 6.54 Å². The number of nitrogens with zero attached hydrogens (tertiary/aromatic N) is 1. The van der Waals surface area contributed by atoms with Crippen LogP contribution in [-0.4, -0.2) is 36.4 Å². The Labute approximate surface area is 137 Å². The zero-order chi connectivity index (χ0) is 15.8. The van der Waals surface area contributed by atoms with Gasteiger partial charge in [0, 0.05) is 11.4 Å². The number of aryl methyl sites for hydroxylation is 1. The van der Waals surface area contributed by atoms with E-state index in [0.29, 0.717) is 17.7 Å². The lowest BCUT2D eigenvalue weighted by molar-refractivity contribution is -0.143. The maximum Gasteiger partial charge on any atom is 0.322 e. The van der Waals surface area contributed by atoms with Gasteiger partial charge in [-0.25, -0.2) is 8.42 Å². The van der Waals surface area contributed by atoms with Gasteiger partial charge in [-0.05, 0) is 47.7 Å². The van der Waals surface area contributed by atoms with Crippen LogP contribution < -0.4 is 0 Å². The maximum atomic E-state index is 12.8. The van der Waals surface area contributed by atoms with E-state index in [2.05, 4.69) is 15.9 Å². The van der Waals surface area contributed by atoms with Gasteiger partial charge in [-0.15, -0.1) is 11.3 Å². The molecular formula is C13H18BrNO4S2. The molecule has 0 spiro atoms. The van der Waals surface area contributed by atoms with E-state index in [1.807, 2.05) is 6.92 Å². The summed E-state index contributed by atoms with van der Waals surface area (Å²) >= 11 is 4.62. The fourth-order valence-corrected chi connectivity index (χ4v) is 6.71. The summed E-state index contributed by atoms with van der Waals surface area (Å²) in [6.07, 6.45) is 1.97. The molecule has 0 saturated carbocycles. The zero-order valence-corrected chi connectivity index (χ0v) is 15.1. The lowest BCUT2D eigenvalue weighted by atomic mass is 9.90. The minimum atomic E-state index is -3.76. The van der Waals surface area contributed by atoms with Crippen LogP contribution in [0.4, 0.5) is 0 Å². The van der Waals surface area contributed by atoms with Gasteiger partial charge >= 0.3 is 5.97 Å². The standard InChI is InChI=1S/C13H18BrNO4S2/c1-3-9-4-5-15(10(6-9)13(16)17)21(18,19)11-7-12(14)20-8(11)2/h7,9-10H,3-6H2,1-2H3,(H,16,17). The van der Waals surface area contributed by atoms with Crippen molar-refractivity contribution in [1.29, 1.82) is 0 Å². The number of carboxylic acids is 1. The summed E-state index contributed by atoms with van der Waals surface area (Å²) in [6.45, 7) is 4.01. The first-order chi connectivity index (χ1) is 9.77. The first-order valence-corrected chi connectivity index (χ1v) is 9.83. The molecule has 2 unspecified atom stereocenters. The normalized spacial score (nSPS) is 24.1. The van der Waals surface area contributed by atoms with Crippen LogP contribution in [0, 0.1) is 12.8 Å². The van der Waals surface area contributed by atoms with E-state index in [1.54, 1.807) is 13.0 Å². The SMILES string of the molecule is CCC1CCN(S(=O)(=O)c2cc(Br)sc2C)C(C(=O)O)C1. The number of thiophene rings is 1. The molecule has 1 aliphatic heterocycles. The van der Waals surface area contributed by atoms with Crippen molar-refractivity contribution in [3.8, 4) is 0 Å². The Morgan fingerprint density at radius 3 is 2.71 bits per heavy atom. The van der Waals surface area contributed by atoms with Crippen LogP contribution >= 0.6 is 27.3 Å². The van der Waals surface area contributed by atoms with Gasteiger partial charge in [0.1, 0.15) is 6.04 Å². The van der Waals surface area contributed by atoms with E-state index < -0.39 is 22.0 Å². The smallest absolute Gasteiger partial charge is 0.322 e. The van der Waals surface area contributed by atoms with E-state index in [4.69, 9.17) is 0 Å². The minimum absolute atomic E-state index is 0.209. The summed E-state index contributed by atoms with van der Waals surface area (Å²) in [4.78, 5) is 12.4. The fraction of sp³-hybridized carbons (Fsp3) is 0.615. The van der Waals surface area contributed by atoms with E-state index in [0.717, 1.165) is 14.5 Å². The number of hydrogen-bond acceptors (Lipinski definition) is 4. The minimum Gasteiger partial charge on any atom is -0.480 e. The van der Waals surface area contributed by atoms with Crippen molar-refractivity contribution < 1.29 is 18.3 Å². The van der Waals surface area contributed by atoms with Crippen LogP contribution in [0.25, 0.3) is 0 Å². The Morgan fingerprint density at radius 1 is 1.57 bits per heavy atom. The summed E-state index contributed by atoms with van der Waals surface area (Å²) in [5, 5.41) is 9.39. The number of rotatable bonds is 4. The molecule has 0 aromatic carbocycles. The lowest BCUT2D eigenvalue weighted by Crippen LogP contribution is -2.49. The van der Waals surface area contributed by atoms with Gasteiger partial charge in [-0.3, -0.25) is 4.79 Å². The van der Waals surface area contributed by atoms with Gasteiger partial charge in [-0.1, -0.05) is 13.3 Å². The molecule has 118 valence electrons. The van der Waals surface area contributed by atoms with Crippen LogP contribution in [0.3, 0.4) is 0 Å². The highest BCUT2D eigenvalue weighted by atomic mass is 79.9. The zero-order valence-electron chi connectivity index (χ0n) is 11.9. The quantitative estimate of drug-likeness (QED) is 0.849. The Balaban J connectivity index is 2.38. The molecule has 1 fully saturated rings. The second-order valence-corrected chi connectivity index (χ2v) is 9.73. The Hall–Kier alpha value is -0.440. The van der Waals surface area contributed by atoms with Crippen molar-refractivity contribution >= 4 is 43.3 Å². The molecule has 8 heteroatoms. The summed E-state index contributed by atoms with van der Waals surface area (Å²) in [6, 6.07) is 0.590. The third kappa shape index (κ3) is 3.33. The van der Waals surface area contributed by atoms with Gasteiger partial charge in [0.2, 0.25) is 10.0 Å². The predicted octanol–water partition coefficient (Wildman–Crippen LogP) is 3.08. The van der Waals surface area contributed by atoms with Crippen molar-refractivity contribution in [3.63, 3.8) is 0 Å². The van der Waals surface area contributed by atoms with E-state index in [-0.39, 0.29) is 17.4 Å². The van der Waals surface area contributed by atoms with Crippen LogP contribution in [0.5, 0.6) is 0 Å². The van der Waals surface area contributed by atoms with Crippen molar-refractivity contribution in [2.24, 2.45) is 5.92 Å². The molecule has 2 heterocycles. The fourth-order valence-electron chi connectivity index (χ4n) is 2.71. The van der Waals surface area contributed by atoms with Gasteiger partial charge < -0.3 is 5.11 Å². The van der Waals surface area contributed by atoms with Crippen molar-refractivity contribution in [3.05, 3.63) is 14.7 Å². The monoisotopic (exact) mass is 395 g/mol. The Kier molecular flexibility index (Phi) is 5.12. The second kappa shape index (κ2) is 6.36. The molecule has 0 radical (unpaired) electrons. The van der Waals surface area contributed by atoms with Crippen molar-refractivity contribution in [2.45, 2.75) is 44.0 Å². The average molecular weight is 396 g/mol. The highest BCUT2D eigenvalue weighted by molar-refractivity contribution is 9.11. The molecule has 5 nitrogen and oxygen atoms in total. The molecule has 0 aliphatic carbocycles. The Morgan fingerprint density at radius 2 is 2.24 bits per heavy atom. The first-order valence-electron chi connectivity index (χ1n) is 6.78. The molecule has 2 atom stereocenters. The summed E-state index contributed by atoms with van der Waals surface area (Å²) in [5.41, 5.74) is 0. The third-order valence-corrected chi connectivity index (χ3v) is 7.67. The summed E-state index contributed by atoms with van der Waals surface area (Å²) < 4.78 is 27.4. The van der Waals surface area contributed by atoms with Gasteiger partial charge in [-0.2, -0.15) is 4.31 Å². The number of carboxylic acid groups (broad SMARTS) is 1. The van der Waals surface area contributed by atoms with Gasteiger partial charge in [0.05, 0.1) is 8.68 Å². The average Bonchev–Trinajstić information content (AvgIpc) is 2.77. The van der Waals surface area contributed by atoms with Crippen LogP contribution in [0.15, 0.2) is 14.7 Å². The van der Waals surface area contributed by atoms with E-state index in [9.17, 15) is 18.3 Å². The van der Waals surface area contributed by atoms with Crippen molar-refractivity contribution in [1.82, 2.24) is 4.31 Å². The third-order valence-electron chi connectivity index (χ3n) is 3.95. The van der Waals surface area contributed by atoms with Crippen LogP contribution in [0.2, 0.25) is 0 Å². The maximum absolute atomic E-state index is 12.8. The molecule has 1 aliphatic rings. The summed E-state index contributed by atoms with van der Waals surface area (Å²) in [5.74, 6) is -0.795. The largest absolute Gasteiger partial charge is 0.480 e. The number of carbonyl (C=O) groups is 1. The van der Waals surface area contributed by atoms with Gasteiger partial charge in [0.15, 0.2) is 0 Å². The number of hydrogen-bond donors (Lipinski definition) is 1. The molecule has 1 aromatic heterocycles. The van der Waals surface area contributed by atoms with Gasteiger partial charge in [0.25, 0.3) is 0 Å². The second-order valence-electron chi connectivity index (χ2n) is 5.24. The number of piperidine rings is 1. The number of sulfonamides is 1. The number of halogens is 1. The predicted molar refractivity (Wildman–Crippen MR) is 85.1 cm³/mol. The molecule has 2 rings (SSSR count). The first kappa shape index (κ1) is 16.9. The molecule has 0 bridgehead atoms. The summed E-state index contributed by atoms with van der Waals surface area (Å²) in [7, 11) is -3.76. The van der Waals surface area contributed by atoms with Crippen LogP contribution in [-0.2, 0) is 14.8 Å². The molecule has 1 N–H and O–H groups in total. The Bertz CT molecular complexity index is 641.